The summed E-state index contributed by atoms with van der Waals surface area (Å²) in [6.45, 7) is 1.07. The van der Waals surface area contributed by atoms with Crippen LogP contribution in [0.1, 0.15) is 29.0 Å². The first-order valence-electron chi connectivity index (χ1n) is 6.54. The van der Waals surface area contributed by atoms with E-state index in [9.17, 15) is 28.1 Å². The van der Waals surface area contributed by atoms with Gasteiger partial charge in [0.1, 0.15) is 11.7 Å². The summed E-state index contributed by atoms with van der Waals surface area (Å²) in [5.41, 5.74) is -1.22. The number of benzene rings is 1. The van der Waals surface area contributed by atoms with E-state index in [1.165, 1.54) is 0 Å². The van der Waals surface area contributed by atoms with Gasteiger partial charge in [0, 0.05) is 12.3 Å². The maximum absolute atomic E-state index is 12.6. The van der Waals surface area contributed by atoms with Crippen molar-refractivity contribution in [3.05, 3.63) is 45.1 Å². The van der Waals surface area contributed by atoms with Crippen LogP contribution in [0.2, 0.25) is 5.35 Å². The first-order valence-corrected chi connectivity index (χ1v) is 8.81. The molecule has 12 heteroatoms. The number of aromatic nitrogens is 2. The predicted molar refractivity (Wildman–Crippen MR) is 83.3 cm³/mol. The van der Waals surface area contributed by atoms with Crippen LogP contribution < -0.4 is 0 Å². The fourth-order valence-electron chi connectivity index (χ4n) is 2.07. The molecule has 0 amide bonds. The molecule has 1 heterocycles. The van der Waals surface area contributed by atoms with Crippen LogP contribution in [0.4, 0.5) is 5.69 Å². The van der Waals surface area contributed by atoms with Gasteiger partial charge in [0.25, 0.3) is 5.69 Å². The lowest BCUT2D eigenvalue weighted by atomic mass is 9.92. The van der Waals surface area contributed by atoms with E-state index < -0.39 is 48.8 Å². The van der Waals surface area contributed by atoms with Crippen LogP contribution in [0.5, 0.6) is 0 Å². The maximum Gasteiger partial charge on any atom is 0.320 e. The van der Waals surface area contributed by atoms with Gasteiger partial charge in [0.2, 0.25) is 0 Å². The van der Waals surface area contributed by atoms with Crippen molar-refractivity contribution in [1.82, 2.24) is 10.1 Å². The van der Waals surface area contributed by atoms with Crippen LogP contribution in [0, 0.1) is 10.1 Å². The lowest BCUT2D eigenvalue weighted by Crippen LogP contribution is -2.22. The summed E-state index contributed by atoms with van der Waals surface area (Å²) >= 11 is 5.47. The van der Waals surface area contributed by atoms with Gasteiger partial charge in [-0.05, 0) is 30.7 Å². The van der Waals surface area contributed by atoms with Gasteiger partial charge in [-0.3, -0.25) is 19.7 Å². The third kappa shape index (κ3) is 3.88. The third-order valence-corrected chi connectivity index (χ3v) is 4.47. The van der Waals surface area contributed by atoms with Crippen LogP contribution in [-0.4, -0.2) is 41.3 Å². The first kappa shape index (κ1) is 18.7. The highest BCUT2D eigenvalue weighted by Gasteiger charge is 2.35. The third-order valence-electron chi connectivity index (χ3n) is 3.20. The van der Waals surface area contributed by atoms with Gasteiger partial charge in [-0.2, -0.15) is 4.98 Å². The quantitative estimate of drug-likeness (QED) is 0.311. The summed E-state index contributed by atoms with van der Waals surface area (Å²) in [5, 5.41) is 14.2. The highest BCUT2D eigenvalue weighted by atomic mass is 35.5. The highest BCUT2D eigenvalue weighted by molar-refractivity contribution is 7.90. The number of ketones is 2. The van der Waals surface area contributed by atoms with Gasteiger partial charge in [-0.1, -0.05) is 5.16 Å². The van der Waals surface area contributed by atoms with Crippen LogP contribution in [0.15, 0.2) is 27.6 Å². The number of nitrogens with zero attached hydrogens (tertiary/aromatic N) is 3. The van der Waals surface area contributed by atoms with E-state index >= 15 is 0 Å². The molecule has 1 atom stereocenters. The van der Waals surface area contributed by atoms with Gasteiger partial charge in [0.15, 0.2) is 21.4 Å². The van der Waals surface area contributed by atoms with Gasteiger partial charge >= 0.3 is 5.35 Å². The number of hydrogen-bond acceptors (Lipinski definition) is 9. The van der Waals surface area contributed by atoms with Crippen molar-refractivity contribution in [3.63, 3.8) is 0 Å². The molecule has 1 aromatic carbocycles. The molecule has 132 valence electrons. The average molecular weight is 388 g/mol. The van der Waals surface area contributed by atoms with E-state index in [-0.39, 0.29) is 10.7 Å². The predicted octanol–water partition coefficient (Wildman–Crippen LogP) is 1.59. The molecule has 0 spiro atoms. The molecule has 0 fully saturated rings. The van der Waals surface area contributed by atoms with Crippen LogP contribution >= 0.6 is 11.6 Å². The number of carbonyl (C=O) groups excluding carboxylic acids is 2. The standard InChI is InChI=1S/C13H10ClN3O7S/c1-6(18)10(12-15-13(14)24-16-12)11(19)8-4-3-7(25(2,22)23)5-9(8)17(20)21/h3-5,10H,1-2H3. The molecule has 0 radical (unpaired) electrons. The fourth-order valence-corrected chi connectivity index (χ4v) is 2.84. The number of hydrogen-bond donors (Lipinski definition) is 0. The molecule has 2 aromatic rings. The summed E-state index contributed by atoms with van der Waals surface area (Å²) in [6.07, 6.45) is 0.868. The minimum absolute atomic E-state index is 0.335. The van der Waals surface area contributed by atoms with Crippen molar-refractivity contribution in [2.45, 2.75) is 17.7 Å². The van der Waals surface area contributed by atoms with Gasteiger partial charge in [-0.25, -0.2) is 8.42 Å². The second kappa shape index (κ2) is 6.69. The minimum atomic E-state index is -3.73. The van der Waals surface area contributed by atoms with Gasteiger partial charge in [-0.15, -0.1) is 0 Å². The zero-order valence-electron chi connectivity index (χ0n) is 12.8. The molecular weight excluding hydrogens is 378 g/mol. The van der Waals surface area contributed by atoms with Crippen molar-refractivity contribution in [1.29, 1.82) is 0 Å². The number of halogens is 1. The molecule has 2 rings (SSSR count). The van der Waals surface area contributed by atoms with E-state index in [0.29, 0.717) is 0 Å². The van der Waals surface area contributed by atoms with E-state index in [2.05, 4.69) is 14.7 Å². The number of rotatable bonds is 6. The Morgan fingerprint density at radius 2 is 2.00 bits per heavy atom. The molecule has 1 aromatic heterocycles. The molecule has 0 aliphatic heterocycles. The lowest BCUT2D eigenvalue weighted by molar-refractivity contribution is -0.385. The van der Waals surface area contributed by atoms with E-state index in [4.69, 9.17) is 11.6 Å². The Bertz CT molecular complexity index is 983. The molecule has 1 unspecified atom stereocenters. The summed E-state index contributed by atoms with van der Waals surface area (Å²) in [6, 6.07) is 2.76. The Kier molecular flexibility index (Phi) is 4.99. The Morgan fingerprint density at radius 3 is 2.44 bits per heavy atom. The second-order valence-electron chi connectivity index (χ2n) is 5.02. The van der Waals surface area contributed by atoms with Gasteiger partial charge in [0.05, 0.1) is 15.4 Å². The van der Waals surface area contributed by atoms with Crippen molar-refractivity contribution < 1.29 is 27.5 Å². The van der Waals surface area contributed by atoms with Crippen LogP contribution in [-0.2, 0) is 14.6 Å². The molecule has 0 N–H and O–H groups in total. The van der Waals surface area contributed by atoms with E-state index in [1.807, 2.05) is 0 Å². The number of nitro benzene ring substituents is 1. The van der Waals surface area contributed by atoms with E-state index in [0.717, 1.165) is 31.4 Å². The largest absolute Gasteiger partial charge is 0.321 e. The smallest absolute Gasteiger partial charge is 0.320 e. The highest BCUT2D eigenvalue weighted by Crippen LogP contribution is 2.29. The minimum Gasteiger partial charge on any atom is -0.321 e. The van der Waals surface area contributed by atoms with E-state index in [1.54, 1.807) is 0 Å². The Balaban J connectivity index is 2.60. The number of Topliss-reactive ketones (excluding diaryl/α,β-unsaturated/α-hetero) is 2. The molecule has 0 aliphatic carbocycles. The monoisotopic (exact) mass is 387 g/mol. The Hall–Kier alpha value is -2.66. The normalized spacial score (nSPS) is 12.6. The molecule has 10 nitrogen and oxygen atoms in total. The molecule has 0 saturated carbocycles. The van der Waals surface area contributed by atoms with Gasteiger partial charge < -0.3 is 4.52 Å². The van der Waals surface area contributed by atoms with Crippen LogP contribution in [0.25, 0.3) is 0 Å². The second-order valence-corrected chi connectivity index (χ2v) is 7.36. The zero-order valence-corrected chi connectivity index (χ0v) is 14.4. The molecular formula is C13H10ClN3O7S. The summed E-state index contributed by atoms with van der Waals surface area (Å²) in [4.78, 5) is 38.0. The van der Waals surface area contributed by atoms with Crippen molar-refractivity contribution in [2.75, 3.05) is 6.26 Å². The molecule has 0 saturated heterocycles. The van der Waals surface area contributed by atoms with Crippen molar-refractivity contribution in [2.24, 2.45) is 0 Å². The Labute approximate surface area is 145 Å². The van der Waals surface area contributed by atoms with Crippen molar-refractivity contribution in [3.8, 4) is 0 Å². The van der Waals surface area contributed by atoms with Crippen molar-refractivity contribution >= 4 is 38.7 Å². The Morgan fingerprint density at radius 1 is 1.36 bits per heavy atom. The summed E-state index contributed by atoms with van der Waals surface area (Å²) < 4.78 is 27.6. The SMILES string of the molecule is CC(=O)C(C(=O)c1ccc(S(C)(=O)=O)cc1[N+](=O)[O-])c1noc(Cl)n1. The van der Waals surface area contributed by atoms with Crippen LogP contribution in [0.3, 0.4) is 0 Å². The lowest BCUT2D eigenvalue weighted by Gasteiger charge is -2.09. The molecule has 0 aliphatic rings. The number of sulfone groups is 1. The number of nitro groups is 1. The zero-order chi connectivity index (χ0) is 18.9. The fraction of sp³-hybridized carbons (Fsp3) is 0.231. The first-order chi connectivity index (χ1) is 11.5. The molecule has 0 bridgehead atoms. The topological polar surface area (TPSA) is 150 Å². The average Bonchev–Trinajstić information content (AvgIpc) is 2.91. The molecule has 25 heavy (non-hydrogen) atoms. The maximum atomic E-state index is 12.6. The number of carbonyl (C=O) groups is 2. The summed E-state index contributed by atoms with van der Waals surface area (Å²) in [5.74, 6) is -3.58. The summed E-state index contributed by atoms with van der Waals surface area (Å²) in [7, 11) is -3.73.